The van der Waals surface area contributed by atoms with Gasteiger partial charge in [-0.3, -0.25) is 4.79 Å². The number of carbonyl (C=O) groups is 1. The number of aromatic amines is 1. The fourth-order valence-corrected chi connectivity index (χ4v) is 3.97. The van der Waals surface area contributed by atoms with Gasteiger partial charge in [0.05, 0.1) is 27.1 Å². The molecule has 5 rings (SSSR count). The molecule has 2 heterocycles. The second kappa shape index (κ2) is 8.19. The molecule has 6 nitrogen and oxygen atoms in total. The molecule has 1 fully saturated rings. The Morgan fingerprint density at radius 2 is 1.88 bits per heavy atom. The summed E-state index contributed by atoms with van der Waals surface area (Å²) in [4.78, 5) is 24.6. The van der Waals surface area contributed by atoms with E-state index in [0.717, 1.165) is 36.9 Å². The standard InChI is InChI=1S/C22H16F3N5OS/c23-13-3-1-2-4-16(13)32-30-15-8-7-14(24)18(19(15)25)20(31)12-9-26-21-17(12)22(28-10-27-21)29-11-5-6-11/h1-4,7-11,30H,5-6H2,(H2,26,27,28,29). The number of benzene rings is 2. The summed E-state index contributed by atoms with van der Waals surface area (Å²) >= 11 is 0.822. The molecule has 1 saturated carbocycles. The Hall–Kier alpha value is -3.53. The second-order valence-corrected chi connectivity index (χ2v) is 8.16. The topological polar surface area (TPSA) is 82.7 Å². The lowest BCUT2D eigenvalue weighted by molar-refractivity contribution is 0.103. The van der Waals surface area contributed by atoms with Crippen molar-refractivity contribution in [2.75, 3.05) is 10.0 Å². The van der Waals surface area contributed by atoms with Crippen molar-refractivity contribution in [3.8, 4) is 0 Å². The van der Waals surface area contributed by atoms with E-state index in [1.807, 2.05) is 0 Å². The van der Waals surface area contributed by atoms with E-state index in [1.54, 1.807) is 6.07 Å². The van der Waals surface area contributed by atoms with Crippen LogP contribution in [-0.4, -0.2) is 26.8 Å². The number of fused-ring (bicyclic) bond motifs is 1. The van der Waals surface area contributed by atoms with Gasteiger partial charge in [-0.1, -0.05) is 12.1 Å². The monoisotopic (exact) mass is 455 g/mol. The summed E-state index contributed by atoms with van der Waals surface area (Å²) in [6.45, 7) is 0. The molecule has 4 aromatic rings. The van der Waals surface area contributed by atoms with Crippen molar-refractivity contribution in [2.45, 2.75) is 23.8 Å². The highest BCUT2D eigenvalue weighted by Gasteiger charge is 2.28. The Morgan fingerprint density at radius 1 is 1.06 bits per heavy atom. The highest BCUT2D eigenvalue weighted by molar-refractivity contribution is 8.00. The number of hydrogen-bond acceptors (Lipinski definition) is 6. The predicted octanol–water partition coefficient (Wildman–Crippen LogP) is 5.30. The van der Waals surface area contributed by atoms with Crippen LogP contribution in [0.4, 0.5) is 24.7 Å². The van der Waals surface area contributed by atoms with Gasteiger partial charge < -0.3 is 15.0 Å². The Kier molecular flexibility index (Phi) is 5.22. The first-order chi connectivity index (χ1) is 15.5. The Balaban J connectivity index is 1.50. The third-order valence-electron chi connectivity index (χ3n) is 5.06. The number of rotatable bonds is 7. The molecule has 0 spiro atoms. The van der Waals surface area contributed by atoms with Gasteiger partial charge in [0.25, 0.3) is 0 Å². The maximum absolute atomic E-state index is 15.2. The van der Waals surface area contributed by atoms with Crippen LogP contribution < -0.4 is 10.0 Å². The molecule has 0 amide bonds. The van der Waals surface area contributed by atoms with E-state index in [9.17, 15) is 13.6 Å². The summed E-state index contributed by atoms with van der Waals surface area (Å²) in [6.07, 6.45) is 4.68. The van der Waals surface area contributed by atoms with Gasteiger partial charge >= 0.3 is 0 Å². The second-order valence-electron chi connectivity index (χ2n) is 7.31. The van der Waals surface area contributed by atoms with Crippen molar-refractivity contribution >= 4 is 40.3 Å². The maximum Gasteiger partial charge on any atom is 0.201 e. The number of anilines is 2. The number of aromatic nitrogens is 3. The van der Waals surface area contributed by atoms with Gasteiger partial charge in [-0.2, -0.15) is 0 Å². The Labute approximate surface area is 184 Å². The lowest BCUT2D eigenvalue weighted by Gasteiger charge is -2.11. The molecule has 0 radical (unpaired) electrons. The van der Waals surface area contributed by atoms with Crippen LogP contribution in [0.3, 0.4) is 0 Å². The van der Waals surface area contributed by atoms with Gasteiger partial charge in [0.1, 0.15) is 29.4 Å². The van der Waals surface area contributed by atoms with Crippen LogP contribution in [0.15, 0.2) is 53.8 Å². The smallest absolute Gasteiger partial charge is 0.201 e. The van der Waals surface area contributed by atoms with Crippen LogP contribution in [0.1, 0.15) is 28.8 Å². The SMILES string of the molecule is O=C(c1c(F)ccc(NSc2ccccc2F)c1F)c1c[nH]c2ncnc(NC3CC3)c12. The summed E-state index contributed by atoms with van der Waals surface area (Å²) in [6, 6.07) is 8.36. The van der Waals surface area contributed by atoms with Crippen molar-refractivity contribution in [1.29, 1.82) is 0 Å². The van der Waals surface area contributed by atoms with E-state index < -0.39 is 28.8 Å². The summed E-state index contributed by atoms with van der Waals surface area (Å²) in [7, 11) is 0. The summed E-state index contributed by atoms with van der Waals surface area (Å²) in [5, 5.41) is 3.59. The van der Waals surface area contributed by atoms with Crippen LogP contribution >= 0.6 is 11.9 Å². The minimum Gasteiger partial charge on any atom is -0.367 e. The van der Waals surface area contributed by atoms with Crippen LogP contribution in [0.25, 0.3) is 11.0 Å². The van der Waals surface area contributed by atoms with E-state index >= 15 is 4.39 Å². The zero-order chi connectivity index (χ0) is 22.2. The minimum atomic E-state index is -1.07. The maximum atomic E-state index is 15.2. The first-order valence-corrected chi connectivity index (χ1v) is 10.6. The molecule has 0 aliphatic heterocycles. The molecule has 1 aliphatic rings. The predicted molar refractivity (Wildman–Crippen MR) is 116 cm³/mol. The molecule has 0 unspecified atom stereocenters. The molecule has 0 bridgehead atoms. The minimum absolute atomic E-state index is 0.0560. The molecule has 162 valence electrons. The molecule has 0 atom stereocenters. The van der Waals surface area contributed by atoms with Crippen molar-refractivity contribution in [1.82, 2.24) is 15.0 Å². The molecule has 2 aromatic heterocycles. The zero-order valence-electron chi connectivity index (χ0n) is 16.5. The van der Waals surface area contributed by atoms with Gasteiger partial charge in [-0.05, 0) is 49.1 Å². The van der Waals surface area contributed by atoms with Crippen LogP contribution in [-0.2, 0) is 0 Å². The molecular formula is C22H16F3N5OS. The summed E-state index contributed by atoms with van der Waals surface area (Å²) in [5.74, 6) is -2.97. The van der Waals surface area contributed by atoms with Crippen LogP contribution in [0.2, 0.25) is 0 Å². The van der Waals surface area contributed by atoms with Gasteiger partial charge in [0.2, 0.25) is 5.78 Å². The van der Waals surface area contributed by atoms with E-state index in [1.165, 1.54) is 30.7 Å². The number of ketones is 1. The lowest BCUT2D eigenvalue weighted by Crippen LogP contribution is -2.10. The lowest BCUT2D eigenvalue weighted by atomic mass is 10.0. The van der Waals surface area contributed by atoms with Crippen LogP contribution in [0.5, 0.6) is 0 Å². The molecule has 2 aromatic carbocycles. The summed E-state index contributed by atoms with van der Waals surface area (Å²) < 4.78 is 46.3. The number of nitrogens with zero attached hydrogens (tertiary/aromatic N) is 2. The van der Waals surface area contributed by atoms with E-state index in [-0.39, 0.29) is 22.2 Å². The molecule has 1 aliphatic carbocycles. The van der Waals surface area contributed by atoms with Gasteiger partial charge in [-0.25, -0.2) is 23.1 Å². The average Bonchev–Trinajstić information content (AvgIpc) is 3.49. The fourth-order valence-electron chi connectivity index (χ4n) is 3.28. The molecular weight excluding hydrogens is 439 g/mol. The quantitative estimate of drug-likeness (QED) is 0.259. The Bertz CT molecular complexity index is 1340. The van der Waals surface area contributed by atoms with Crippen molar-refractivity contribution in [2.24, 2.45) is 0 Å². The third kappa shape index (κ3) is 3.77. The molecule has 3 N–H and O–H groups in total. The number of hydrogen-bond donors (Lipinski definition) is 3. The first kappa shape index (κ1) is 20.4. The largest absolute Gasteiger partial charge is 0.367 e. The van der Waals surface area contributed by atoms with E-state index in [0.29, 0.717) is 16.9 Å². The highest BCUT2D eigenvalue weighted by atomic mass is 32.2. The van der Waals surface area contributed by atoms with Crippen LogP contribution in [0, 0.1) is 17.5 Å². The number of nitrogens with one attached hydrogen (secondary N) is 3. The fraction of sp³-hybridized carbons (Fsp3) is 0.136. The van der Waals surface area contributed by atoms with Gasteiger partial charge in [0.15, 0.2) is 5.82 Å². The Morgan fingerprint density at radius 3 is 2.66 bits per heavy atom. The summed E-state index contributed by atoms with van der Waals surface area (Å²) in [5.41, 5.74) is -0.418. The van der Waals surface area contributed by atoms with E-state index in [2.05, 4.69) is 25.0 Å². The normalized spacial score (nSPS) is 13.3. The van der Waals surface area contributed by atoms with Gasteiger partial charge in [0, 0.05) is 12.2 Å². The highest BCUT2D eigenvalue weighted by Crippen LogP contribution is 2.33. The van der Waals surface area contributed by atoms with Crippen molar-refractivity contribution in [3.63, 3.8) is 0 Å². The van der Waals surface area contributed by atoms with Crippen molar-refractivity contribution < 1.29 is 18.0 Å². The van der Waals surface area contributed by atoms with E-state index in [4.69, 9.17) is 0 Å². The third-order valence-corrected chi connectivity index (χ3v) is 5.93. The molecule has 32 heavy (non-hydrogen) atoms. The molecule has 0 saturated heterocycles. The van der Waals surface area contributed by atoms with Crippen molar-refractivity contribution in [3.05, 3.63) is 77.5 Å². The first-order valence-electron chi connectivity index (χ1n) is 9.81. The van der Waals surface area contributed by atoms with Gasteiger partial charge in [-0.15, -0.1) is 0 Å². The number of H-pyrrole nitrogens is 1. The number of halogens is 3. The zero-order valence-corrected chi connectivity index (χ0v) is 17.3. The molecule has 10 heteroatoms. The average molecular weight is 455 g/mol. The number of carbonyl (C=O) groups excluding carboxylic acids is 1.